The average molecular weight is 551 g/mol. The molecule has 1 aliphatic heterocycles. The van der Waals surface area contributed by atoms with E-state index in [0.717, 1.165) is 11.4 Å². The van der Waals surface area contributed by atoms with Crippen LogP contribution < -0.4 is 20.7 Å². The van der Waals surface area contributed by atoms with Gasteiger partial charge in [-0.2, -0.15) is 10.3 Å². The van der Waals surface area contributed by atoms with Crippen molar-refractivity contribution in [2.75, 3.05) is 18.5 Å². The van der Waals surface area contributed by atoms with Crippen LogP contribution in [0.3, 0.4) is 0 Å². The Morgan fingerprint density at radius 3 is 2.66 bits per heavy atom. The van der Waals surface area contributed by atoms with Crippen LogP contribution in [0.15, 0.2) is 36.5 Å². The Hall–Kier alpha value is -4.88. The van der Waals surface area contributed by atoms with Crippen LogP contribution in [0, 0.1) is 40.9 Å². The molecule has 6 aliphatic carbocycles. The molecule has 7 aliphatic rings. The number of fused-ring (bicyclic) bond motifs is 2. The fourth-order valence-electron chi connectivity index (χ4n) is 9.92. The van der Waals surface area contributed by atoms with E-state index in [0.29, 0.717) is 59.1 Å². The quantitative estimate of drug-likeness (QED) is 0.245. The molecule has 0 unspecified atom stereocenters. The summed E-state index contributed by atoms with van der Waals surface area (Å²) in [6.45, 7) is 0.814. The summed E-state index contributed by atoms with van der Waals surface area (Å²) in [5.41, 5.74) is 2.50. The highest BCUT2D eigenvalue weighted by Crippen LogP contribution is 3.09. The smallest absolute Gasteiger partial charge is 0.270 e. The van der Waals surface area contributed by atoms with Gasteiger partial charge in [-0.1, -0.05) is 11.3 Å². The van der Waals surface area contributed by atoms with Gasteiger partial charge in [0.15, 0.2) is 18.1 Å². The van der Waals surface area contributed by atoms with Crippen molar-refractivity contribution in [3.05, 3.63) is 59.3 Å². The molecule has 204 valence electrons. The van der Waals surface area contributed by atoms with Crippen molar-refractivity contribution in [2.24, 2.45) is 40.9 Å². The number of benzene rings is 1. The summed E-state index contributed by atoms with van der Waals surface area (Å²) < 4.78 is 6.85. The van der Waals surface area contributed by atoms with E-state index in [2.05, 4.69) is 46.7 Å². The van der Waals surface area contributed by atoms with E-state index in [9.17, 15) is 14.4 Å². The molecule has 41 heavy (non-hydrogen) atoms. The third-order valence-corrected chi connectivity index (χ3v) is 11.1. The van der Waals surface area contributed by atoms with Crippen molar-refractivity contribution >= 4 is 29.1 Å². The summed E-state index contributed by atoms with van der Waals surface area (Å²) in [6.07, 6.45) is 1.56. The van der Waals surface area contributed by atoms with E-state index >= 15 is 0 Å². The molecule has 11 rings (SSSR count). The molecule has 6 fully saturated rings. The molecule has 4 N–H and O–H groups in total. The maximum Gasteiger partial charge on any atom is 0.270 e. The molecule has 4 heterocycles. The number of hydrogen-bond acceptors (Lipinski definition) is 9. The van der Waals surface area contributed by atoms with Crippen LogP contribution in [0.4, 0.5) is 5.69 Å². The fraction of sp³-hybridized carbons (Fsp3) is 0.407. The minimum atomic E-state index is -0.422. The number of carbonyl (C=O) groups excluding carboxylic acids is 3. The lowest BCUT2D eigenvalue weighted by atomic mass is 8.92. The number of aromatic amines is 1. The van der Waals surface area contributed by atoms with Crippen molar-refractivity contribution in [1.29, 1.82) is 0 Å². The minimum absolute atomic E-state index is 0.0196. The first kappa shape index (κ1) is 21.9. The topological polar surface area (TPSA) is 181 Å². The summed E-state index contributed by atoms with van der Waals surface area (Å²) in [5.74, 6) is 4.33. The van der Waals surface area contributed by atoms with Crippen molar-refractivity contribution in [2.45, 2.75) is 12.0 Å². The number of carbonyl (C=O) groups is 3. The third-order valence-electron chi connectivity index (χ3n) is 11.1. The van der Waals surface area contributed by atoms with Crippen LogP contribution in [0.5, 0.6) is 5.75 Å². The monoisotopic (exact) mass is 550 g/mol. The second kappa shape index (κ2) is 6.87. The number of aromatic nitrogens is 7. The highest BCUT2D eigenvalue weighted by atomic mass is 16.5. The van der Waals surface area contributed by atoms with Gasteiger partial charge in [0.25, 0.3) is 17.7 Å². The van der Waals surface area contributed by atoms with Crippen molar-refractivity contribution in [1.82, 2.24) is 45.9 Å². The lowest BCUT2D eigenvalue weighted by Gasteiger charge is -3.11. The Labute approximate surface area is 230 Å². The highest BCUT2D eigenvalue weighted by Gasteiger charge is 3.10. The Morgan fingerprint density at radius 2 is 1.88 bits per heavy atom. The lowest BCUT2D eigenvalue weighted by Crippen LogP contribution is -3.12. The van der Waals surface area contributed by atoms with E-state index in [-0.39, 0.29) is 47.2 Å². The molecule has 4 aromatic rings. The molecule has 0 bridgehead atoms. The maximum absolute atomic E-state index is 13.5. The number of nitrogens with zero attached hydrogens (tertiary/aromatic N) is 6. The molecule has 0 saturated heterocycles. The standard InChI is InChI=1S/C27H22N10O4/c38-16-8-41-14-2-1-10(5-11(14)32-16)7-28-23(39)12-6-13(37-15(31-12)3-4-30-37)24(40)29-9-26-17-20-18(26)22-19(26)21(17)27(20,22)25-33-35-36-34-25/h1-6,17-22H,7-9H2,(H,28,39)(H,29,40)(H,32,38)(H,33,34,35,36). The normalized spacial score (nSPS) is 35.3. The number of nitrogens with one attached hydrogen (secondary N) is 4. The Bertz CT molecular complexity index is 1810. The van der Waals surface area contributed by atoms with E-state index in [1.165, 1.54) is 10.6 Å². The summed E-state index contributed by atoms with van der Waals surface area (Å²) in [7, 11) is 0. The van der Waals surface area contributed by atoms with Gasteiger partial charge in [-0.05, 0) is 58.6 Å². The zero-order valence-corrected chi connectivity index (χ0v) is 21.4. The lowest BCUT2D eigenvalue weighted by molar-refractivity contribution is -0.627. The number of rotatable bonds is 7. The summed E-state index contributed by atoms with van der Waals surface area (Å²) in [6, 6.07) is 8.47. The van der Waals surface area contributed by atoms with Gasteiger partial charge in [0.05, 0.1) is 11.9 Å². The Kier molecular flexibility index (Phi) is 3.67. The van der Waals surface area contributed by atoms with E-state index in [4.69, 9.17) is 4.74 Å². The zero-order valence-electron chi connectivity index (χ0n) is 21.4. The minimum Gasteiger partial charge on any atom is -0.482 e. The first-order valence-corrected chi connectivity index (χ1v) is 13.7. The summed E-state index contributed by atoms with van der Waals surface area (Å²) in [4.78, 5) is 42.6. The molecule has 6 saturated carbocycles. The maximum atomic E-state index is 13.5. The average Bonchev–Trinajstić information content (AvgIpc) is 3.71. The summed E-state index contributed by atoms with van der Waals surface area (Å²) in [5, 5.41) is 28.1. The van der Waals surface area contributed by atoms with Crippen LogP contribution in [0.1, 0.15) is 32.4 Å². The van der Waals surface area contributed by atoms with Crippen LogP contribution >= 0.6 is 0 Å². The molecular weight excluding hydrogens is 528 g/mol. The number of ether oxygens (including phenoxy) is 1. The third kappa shape index (κ3) is 2.24. The van der Waals surface area contributed by atoms with Crippen molar-refractivity contribution < 1.29 is 19.1 Å². The van der Waals surface area contributed by atoms with Gasteiger partial charge >= 0.3 is 0 Å². The first-order chi connectivity index (χ1) is 20.0. The Balaban J connectivity index is 0.845. The zero-order chi connectivity index (χ0) is 27.2. The van der Waals surface area contributed by atoms with Gasteiger partial charge in [-0.25, -0.2) is 9.50 Å². The SMILES string of the molecule is O=C1COc2ccc(CNC(=O)c3cc(C(=O)NCC45C6C7C4C4C5C6C74c4nn[nH]n4)n4nccc4n3)cc2N1. The number of H-pyrrole nitrogens is 1. The predicted octanol–water partition coefficient (Wildman–Crippen LogP) is -0.0773. The molecule has 14 nitrogen and oxygen atoms in total. The molecule has 0 radical (unpaired) electrons. The Morgan fingerprint density at radius 1 is 1.05 bits per heavy atom. The van der Waals surface area contributed by atoms with E-state index < -0.39 is 5.91 Å². The van der Waals surface area contributed by atoms with Crippen molar-refractivity contribution in [3.8, 4) is 5.75 Å². The van der Waals surface area contributed by atoms with Gasteiger partial charge in [0, 0.05) is 30.6 Å². The van der Waals surface area contributed by atoms with Gasteiger partial charge < -0.3 is 20.7 Å². The second-order valence-corrected chi connectivity index (χ2v) is 12.1. The largest absolute Gasteiger partial charge is 0.482 e. The first-order valence-electron chi connectivity index (χ1n) is 13.7. The second-order valence-electron chi connectivity index (χ2n) is 12.1. The van der Waals surface area contributed by atoms with Crippen LogP contribution in [-0.2, 0) is 16.8 Å². The molecule has 0 spiro atoms. The highest BCUT2D eigenvalue weighted by molar-refractivity contribution is 5.98. The summed E-state index contributed by atoms with van der Waals surface area (Å²) >= 11 is 0. The van der Waals surface area contributed by atoms with E-state index in [1.807, 2.05) is 6.07 Å². The predicted molar refractivity (Wildman–Crippen MR) is 136 cm³/mol. The molecule has 1 aromatic carbocycles. The van der Waals surface area contributed by atoms with Gasteiger partial charge in [0.2, 0.25) is 0 Å². The molecular formula is C27H22N10O4. The molecule has 0 atom stereocenters. The molecule has 14 heteroatoms. The number of amides is 3. The molecule has 3 amide bonds. The number of anilines is 1. The number of hydrogen-bond donors (Lipinski definition) is 4. The van der Waals surface area contributed by atoms with Gasteiger partial charge in [-0.3, -0.25) is 14.4 Å². The van der Waals surface area contributed by atoms with Crippen LogP contribution in [-0.4, -0.2) is 66.1 Å². The van der Waals surface area contributed by atoms with Gasteiger partial charge in [0.1, 0.15) is 17.1 Å². The van der Waals surface area contributed by atoms with Gasteiger partial charge in [-0.15, -0.1) is 10.2 Å². The number of tetrazole rings is 1. The van der Waals surface area contributed by atoms with Crippen molar-refractivity contribution in [3.63, 3.8) is 0 Å². The van der Waals surface area contributed by atoms with Crippen LogP contribution in [0.25, 0.3) is 5.65 Å². The fourth-order valence-corrected chi connectivity index (χ4v) is 9.92. The van der Waals surface area contributed by atoms with E-state index in [1.54, 1.807) is 24.4 Å². The molecule has 3 aromatic heterocycles. The van der Waals surface area contributed by atoms with Crippen LogP contribution in [0.2, 0.25) is 0 Å².